The van der Waals surface area contributed by atoms with E-state index in [1.54, 1.807) is 0 Å². The molecular formula is C47H79N5O3. The van der Waals surface area contributed by atoms with Crippen molar-refractivity contribution in [2.45, 2.75) is 157 Å². The van der Waals surface area contributed by atoms with Crippen LogP contribution in [0.25, 0.3) is 0 Å². The maximum Gasteiger partial charge on any atom is 0.231 e. The van der Waals surface area contributed by atoms with Gasteiger partial charge in [0.25, 0.3) is 0 Å². The van der Waals surface area contributed by atoms with E-state index in [9.17, 15) is 4.79 Å². The minimum atomic E-state index is 0.00771. The van der Waals surface area contributed by atoms with Crippen LogP contribution in [-0.4, -0.2) is 121 Å². The molecule has 310 valence electrons. The monoisotopic (exact) mass is 762 g/mol. The fourth-order valence-corrected chi connectivity index (χ4v) is 8.36. The number of fused-ring (bicyclic) bond motifs is 2. The molecule has 3 fully saturated rings. The molecule has 0 radical (unpaired) electrons. The molecule has 3 saturated heterocycles. The molecule has 5 aliphatic heterocycles. The van der Waals surface area contributed by atoms with Crippen molar-refractivity contribution in [2.75, 3.05) is 70.6 Å². The second kappa shape index (κ2) is 23.5. The maximum atomic E-state index is 12.6. The van der Waals surface area contributed by atoms with Crippen molar-refractivity contribution >= 4 is 11.5 Å². The highest BCUT2D eigenvalue weighted by Gasteiger charge is 2.26. The molecular weight excluding hydrogens is 683 g/mol. The van der Waals surface area contributed by atoms with Crippen molar-refractivity contribution in [3.05, 3.63) is 53.6 Å². The fraction of sp³-hybridized carbons (Fsp3) is 0.723. The van der Waals surface area contributed by atoms with Crippen molar-refractivity contribution in [3.8, 4) is 11.5 Å². The third-order valence-electron chi connectivity index (χ3n) is 12.2. The van der Waals surface area contributed by atoms with Gasteiger partial charge >= 0.3 is 0 Å². The minimum Gasteiger partial charge on any atom is -0.454 e. The molecule has 55 heavy (non-hydrogen) atoms. The van der Waals surface area contributed by atoms with E-state index in [0.717, 1.165) is 61.7 Å². The zero-order chi connectivity index (χ0) is 39.7. The third kappa shape index (κ3) is 14.7. The first-order valence-corrected chi connectivity index (χ1v) is 22.2. The van der Waals surface area contributed by atoms with Crippen LogP contribution in [-0.2, 0) is 17.6 Å². The molecule has 2 aromatic rings. The molecule has 2 aromatic carbocycles. The Morgan fingerprint density at radius 3 is 1.64 bits per heavy atom. The van der Waals surface area contributed by atoms with E-state index < -0.39 is 0 Å². The largest absolute Gasteiger partial charge is 0.454 e. The predicted octanol–water partition coefficient (Wildman–Crippen LogP) is 8.94. The first-order valence-electron chi connectivity index (χ1n) is 22.2. The van der Waals surface area contributed by atoms with E-state index >= 15 is 0 Å². The minimum absolute atomic E-state index is 0.00771. The molecule has 5 aliphatic rings. The topological polar surface area (TPSA) is 51.7 Å². The summed E-state index contributed by atoms with van der Waals surface area (Å²) in [4.78, 5) is 25.0. The molecule has 8 nitrogen and oxygen atoms in total. The average molecular weight is 762 g/mol. The van der Waals surface area contributed by atoms with Gasteiger partial charge in [-0.25, -0.2) is 0 Å². The smallest absolute Gasteiger partial charge is 0.231 e. The molecule has 5 heterocycles. The Hall–Kier alpha value is -2.65. The Kier molecular flexibility index (Phi) is 19.3. The number of piperazine rings is 1. The van der Waals surface area contributed by atoms with Crippen LogP contribution >= 0.6 is 0 Å². The van der Waals surface area contributed by atoms with Crippen LogP contribution in [0.2, 0.25) is 0 Å². The van der Waals surface area contributed by atoms with Crippen LogP contribution in [0.4, 0.5) is 5.69 Å². The van der Waals surface area contributed by atoms with Crippen LogP contribution in [0.15, 0.2) is 42.5 Å². The molecule has 0 N–H and O–H groups in total. The first kappa shape index (κ1) is 45.1. The molecule has 1 unspecified atom stereocenters. The van der Waals surface area contributed by atoms with E-state index in [0.29, 0.717) is 24.3 Å². The number of nitrogens with zero attached hydrogens (tertiary/aromatic N) is 5. The van der Waals surface area contributed by atoms with E-state index in [4.69, 9.17) is 9.47 Å². The highest BCUT2D eigenvalue weighted by Crippen LogP contribution is 2.33. The summed E-state index contributed by atoms with van der Waals surface area (Å²) in [6.45, 7) is 31.0. The second-order valence-corrected chi connectivity index (χ2v) is 17.4. The number of aryl methyl sites for hydroxylation is 1. The van der Waals surface area contributed by atoms with Crippen LogP contribution in [0, 0.1) is 0 Å². The van der Waals surface area contributed by atoms with Crippen molar-refractivity contribution in [1.29, 1.82) is 0 Å². The first-order chi connectivity index (χ1) is 26.4. The molecule has 0 aliphatic carbocycles. The average Bonchev–Trinajstić information content (AvgIpc) is 3.76. The van der Waals surface area contributed by atoms with Gasteiger partial charge in [0.2, 0.25) is 6.79 Å². The van der Waals surface area contributed by atoms with Gasteiger partial charge in [-0.05, 0) is 156 Å². The molecule has 0 bridgehead atoms. The van der Waals surface area contributed by atoms with Gasteiger partial charge in [-0.1, -0.05) is 43.5 Å². The predicted molar refractivity (Wildman–Crippen MR) is 232 cm³/mol. The lowest BCUT2D eigenvalue weighted by molar-refractivity contribution is -0.124. The van der Waals surface area contributed by atoms with Gasteiger partial charge in [-0.15, -0.1) is 0 Å². The van der Waals surface area contributed by atoms with Gasteiger partial charge in [-0.3, -0.25) is 14.6 Å². The van der Waals surface area contributed by atoms with E-state index in [1.807, 2.05) is 25.1 Å². The Labute approximate surface area is 336 Å². The fourth-order valence-electron chi connectivity index (χ4n) is 8.36. The Morgan fingerprint density at radius 1 is 0.564 bits per heavy atom. The molecule has 8 heteroatoms. The summed E-state index contributed by atoms with van der Waals surface area (Å²) in [6, 6.07) is 17.4. The Bertz CT molecular complexity index is 1370. The molecule has 0 saturated carbocycles. The number of hydrogen-bond donors (Lipinski definition) is 0. The van der Waals surface area contributed by atoms with Crippen molar-refractivity contribution < 1.29 is 14.3 Å². The van der Waals surface area contributed by atoms with Crippen molar-refractivity contribution in [3.63, 3.8) is 0 Å². The number of rotatable bonds is 9. The number of ether oxygens (including phenoxy) is 2. The maximum absolute atomic E-state index is 12.6. The van der Waals surface area contributed by atoms with Crippen molar-refractivity contribution in [1.82, 2.24) is 19.6 Å². The number of para-hydroxylation sites is 1. The van der Waals surface area contributed by atoms with Crippen LogP contribution < -0.4 is 14.4 Å². The van der Waals surface area contributed by atoms with Crippen molar-refractivity contribution in [2.24, 2.45) is 0 Å². The number of likely N-dealkylation sites (tertiary alicyclic amines) is 2. The lowest BCUT2D eigenvalue weighted by Crippen LogP contribution is -2.53. The summed E-state index contributed by atoms with van der Waals surface area (Å²) in [5.74, 6) is 1.91. The van der Waals surface area contributed by atoms with Gasteiger partial charge in [0, 0.05) is 69.0 Å². The van der Waals surface area contributed by atoms with Crippen LogP contribution in [0.3, 0.4) is 0 Å². The normalized spacial score (nSPS) is 19.9. The Balaban J connectivity index is 0.000000181. The van der Waals surface area contributed by atoms with E-state index in [1.165, 1.54) is 95.3 Å². The molecule has 0 aromatic heterocycles. The SMILES string of the molecule is CC(C)N1CCCCC1.CC(C)N1CCCCCC1.CC(C)N1CCN(C(C)C(=O)CCc2ccc3c(c2)OCO3)CC1.CC(C)N1CCc2ccccc21. The summed E-state index contributed by atoms with van der Waals surface area (Å²) in [7, 11) is 0. The highest BCUT2D eigenvalue weighted by molar-refractivity contribution is 5.83. The molecule has 0 amide bonds. The zero-order valence-electron chi connectivity index (χ0n) is 36.5. The Morgan fingerprint density at radius 2 is 1.07 bits per heavy atom. The van der Waals surface area contributed by atoms with E-state index in [2.05, 4.69) is 104 Å². The van der Waals surface area contributed by atoms with Gasteiger partial charge < -0.3 is 24.2 Å². The number of ketones is 1. The highest BCUT2D eigenvalue weighted by atomic mass is 16.7. The number of hydrogen-bond acceptors (Lipinski definition) is 8. The van der Waals surface area contributed by atoms with E-state index in [-0.39, 0.29) is 12.8 Å². The lowest BCUT2D eigenvalue weighted by atomic mass is 10.0. The van der Waals surface area contributed by atoms with Crippen LogP contribution in [0.5, 0.6) is 11.5 Å². The summed E-state index contributed by atoms with van der Waals surface area (Å²) in [5.41, 5.74) is 4.07. The summed E-state index contributed by atoms with van der Waals surface area (Å²) >= 11 is 0. The van der Waals surface area contributed by atoms with Gasteiger partial charge in [0.1, 0.15) is 5.78 Å². The zero-order valence-corrected chi connectivity index (χ0v) is 36.5. The quantitative estimate of drug-likeness (QED) is 0.251. The number of carbonyl (C=O) groups is 1. The van der Waals surface area contributed by atoms with Gasteiger partial charge in [0.15, 0.2) is 11.5 Å². The number of carbonyl (C=O) groups excluding carboxylic acids is 1. The standard InChI is InChI=1S/C19H28N2O3.C11H15N.C9H19N.C8H17N/c1-14(2)20-8-10-21(11-9-20)15(3)17(22)6-4-16-5-7-18-19(12-16)24-13-23-18;1-9(2)12-8-7-10-5-3-4-6-11(10)12;1-9(2)10-7-5-3-4-6-8-10;1-8(2)9-6-4-3-5-7-9/h5,7,12,14-15H,4,6,8-11,13H2,1-3H3;3-6,9H,7-8H2,1-2H3;9H,3-8H2,1-2H3;8H,3-7H2,1-2H3. The number of piperidine rings is 1. The number of Topliss-reactive ketones (excluding diaryl/α,β-unsaturated/α-hetero) is 1. The number of benzene rings is 2. The second-order valence-electron chi connectivity index (χ2n) is 17.4. The molecule has 1 atom stereocenters. The third-order valence-corrected chi connectivity index (χ3v) is 12.2. The van der Waals surface area contributed by atoms with Crippen LogP contribution in [0.1, 0.15) is 125 Å². The van der Waals surface area contributed by atoms with Gasteiger partial charge in [0.05, 0.1) is 6.04 Å². The van der Waals surface area contributed by atoms with Gasteiger partial charge in [-0.2, -0.15) is 0 Å². The summed E-state index contributed by atoms with van der Waals surface area (Å²) in [6.07, 6.45) is 12.5. The lowest BCUT2D eigenvalue weighted by Gasteiger charge is -2.39. The summed E-state index contributed by atoms with van der Waals surface area (Å²) < 4.78 is 10.7. The summed E-state index contributed by atoms with van der Waals surface area (Å²) in [5, 5.41) is 0. The molecule has 7 rings (SSSR count). The number of anilines is 1. The molecule has 0 spiro atoms.